The van der Waals surface area contributed by atoms with E-state index in [1.54, 1.807) is 0 Å². The van der Waals surface area contributed by atoms with Crippen molar-refractivity contribution in [2.75, 3.05) is 20.1 Å². The van der Waals surface area contributed by atoms with E-state index in [9.17, 15) is 0 Å². The largest absolute Gasteiger partial charge is 0.300 e. The summed E-state index contributed by atoms with van der Waals surface area (Å²) in [5.74, 6) is 0.820. The summed E-state index contributed by atoms with van der Waals surface area (Å²) in [5.41, 5.74) is 0.398. The van der Waals surface area contributed by atoms with E-state index in [1.165, 1.54) is 19.4 Å². The van der Waals surface area contributed by atoms with Crippen LogP contribution in [0.3, 0.4) is 0 Å². The molecule has 1 fully saturated rings. The van der Waals surface area contributed by atoms with Crippen molar-refractivity contribution in [1.29, 1.82) is 0 Å². The number of nitrogens with zero attached hydrogens (tertiary/aromatic N) is 1. The van der Waals surface area contributed by atoms with Crippen LogP contribution in [-0.4, -0.2) is 31.2 Å². The zero-order chi connectivity index (χ0) is 10.8. The molecule has 0 aromatic carbocycles. The number of nitrogens with one attached hydrogen (secondary N) is 1. The van der Waals surface area contributed by atoms with Gasteiger partial charge in [0, 0.05) is 13.1 Å². The fourth-order valence-corrected chi connectivity index (χ4v) is 2.33. The number of hydrogen-bond acceptors (Lipinski definition) is 2. The Morgan fingerprint density at radius 3 is 2.50 bits per heavy atom. The van der Waals surface area contributed by atoms with Crippen LogP contribution < -0.4 is 5.32 Å². The van der Waals surface area contributed by atoms with Crippen LogP contribution in [0.5, 0.6) is 0 Å². The molecule has 0 aromatic heterocycles. The molecule has 0 bridgehead atoms. The Morgan fingerprint density at radius 1 is 1.43 bits per heavy atom. The highest BCUT2D eigenvalue weighted by Crippen LogP contribution is 2.31. The molecule has 14 heavy (non-hydrogen) atoms. The second-order valence-electron chi connectivity index (χ2n) is 5.76. The SMILES string of the molecule is CC(C)CCC(C)(C)C1NCCN1C. The second kappa shape index (κ2) is 4.63. The number of likely N-dealkylation sites (N-methyl/N-ethyl adjacent to an activating group) is 1. The molecular formula is C12H26N2. The molecule has 1 heterocycles. The Morgan fingerprint density at radius 2 is 2.07 bits per heavy atom. The molecule has 2 heteroatoms. The van der Waals surface area contributed by atoms with E-state index < -0.39 is 0 Å². The molecule has 1 atom stereocenters. The minimum absolute atomic E-state index is 0.398. The van der Waals surface area contributed by atoms with Crippen molar-refractivity contribution < 1.29 is 0 Å². The lowest BCUT2D eigenvalue weighted by Gasteiger charge is -2.36. The maximum atomic E-state index is 3.60. The zero-order valence-electron chi connectivity index (χ0n) is 10.4. The van der Waals surface area contributed by atoms with Gasteiger partial charge < -0.3 is 5.32 Å². The average Bonchev–Trinajstić information content (AvgIpc) is 2.48. The van der Waals surface area contributed by atoms with Crippen molar-refractivity contribution in [3.8, 4) is 0 Å². The third-order valence-electron chi connectivity index (χ3n) is 3.35. The van der Waals surface area contributed by atoms with Crippen LogP contribution in [0.15, 0.2) is 0 Å². The van der Waals surface area contributed by atoms with Gasteiger partial charge in [-0.3, -0.25) is 4.90 Å². The van der Waals surface area contributed by atoms with Crippen molar-refractivity contribution >= 4 is 0 Å². The van der Waals surface area contributed by atoms with Crippen molar-refractivity contribution in [1.82, 2.24) is 10.2 Å². The van der Waals surface area contributed by atoms with Crippen molar-refractivity contribution in [2.45, 2.75) is 46.7 Å². The summed E-state index contributed by atoms with van der Waals surface area (Å²) in [6.07, 6.45) is 3.22. The van der Waals surface area contributed by atoms with Gasteiger partial charge in [0.05, 0.1) is 6.17 Å². The standard InChI is InChI=1S/C12H26N2/c1-10(2)6-7-12(3,4)11-13-8-9-14(11)5/h10-11,13H,6-9H2,1-5H3. The summed E-state index contributed by atoms with van der Waals surface area (Å²) in [5, 5.41) is 3.60. The van der Waals surface area contributed by atoms with Gasteiger partial charge >= 0.3 is 0 Å². The molecule has 0 aliphatic carbocycles. The molecule has 1 aliphatic rings. The molecule has 1 saturated heterocycles. The highest BCUT2D eigenvalue weighted by Gasteiger charge is 2.34. The molecule has 2 nitrogen and oxygen atoms in total. The van der Waals surface area contributed by atoms with E-state index in [-0.39, 0.29) is 0 Å². The van der Waals surface area contributed by atoms with E-state index >= 15 is 0 Å². The van der Waals surface area contributed by atoms with Gasteiger partial charge in [-0.15, -0.1) is 0 Å². The lowest BCUT2D eigenvalue weighted by Crippen LogP contribution is -2.45. The van der Waals surface area contributed by atoms with Crippen LogP contribution in [0.25, 0.3) is 0 Å². The Bertz CT molecular complexity index is 175. The zero-order valence-corrected chi connectivity index (χ0v) is 10.4. The first-order chi connectivity index (χ1) is 6.43. The average molecular weight is 198 g/mol. The topological polar surface area (TPSA) is 15.3 Å². The van der Waals surface area contributed by atoms with Crippen LogP contribution in [0.4, 0.5) is 0 Å². The lowest BCUT2D eigenvalue weighted by atomic mass is 9.82. The Hall–Kier alpha value is -0.0800. The van der Waals surface area contributed by atoms with Crippen LogP contribution in [0.2, 0.25) is 0 Å². The minimum atomic E-state index is 0.398. The summed E-state index contributed by atoms with van der Waals surface area (Å²) in [4.78, 5) is 2.44. The second-order valence-corrected chi connectivity index (χ2v) is 5.76. The van der Waals surface area contributed by atoms with Gasteiger partial charge in [-0.1, -0.05) is 34.1 Å². The molecule has 1 N–H and O–H groups in total. The number of rotatable bonds is 4. The Balaban J connectivity index is 2.46. The molecule has 84 valence electrons. The normalized spacial score (nSPS) is 24.9. The first-order valence-electron chi connectivity index (χ1n) is 5.87. The quantitative estimate of drug-likeness (QED) is 0.746. The van der Waals surface area contributed by atoms with Crippen LogP contribution in [0, 0.1) is 11.3 Å². The predicted molar refractivity (Wildman–Crippen MR) is 62.3 cm³/mol. The summed E-state index contributed by atoms with van der Waals surface area (Å²) in [6.45, 7) is 11.7. The Labute approximate surface area is 89.1 Å². The Kier molecular flexibility index (Phi) is 3.96. The molecular weight excluding hydrogens is 172 g/mol. The highest BCUT2D eigenvalue weighted by molar-refractivity contribution is 4.87. The number of hydrogen-bond donors (Lipinski definition) is 1. The smallest absolute Gasteiger partial charge is 0.0648 e. The van der Waals surface area contributed by atoms with Crippen molar-refractivity contribution in [3.63, 3.8) is 0 Å². The first kappa shape index (κ1) is 12.0. The van der Waals surface area contributed by atoms with Gasteiger partial charge in [-0.05, 0) is 24.8 Å². The first-order valence-corrected chi connectivity index (χ1v) is 5.87. The molecule has 0 spiro atoms. The maximum Gasteiger partial charge on any atom is 0.0648 e. The summed E-state index contributed by atoms with van der Waals surface area (Å²) in [6, 6.07) is 0. The van der Waals surface area contributed by atoms with Gasteiger partial charge in [0.1, 0.15) is 0 Å². The van der Waals surface area contributed by atoms with E-state index in [0.717, 1.165) is 12.5 Å². The summed E-state index contributed by atoms with van der Waals surface area (Å²) in [7, 11) is 2.22. The van der Waals surface area contributed by atoms with E-state index in [4.69, 9.17) is 0 Å². The molecule has 1 rings (SSSR count). The van der Waals surface area contributed by atoms with Crippen LogP contribution in [-0.2, 0) is 0 Å². The van der Waals surface area contributed by atoms with Gasteiger partial charge in [0.25, 0.3) is 0 Å². The van der Waals surface area contributed by atoms with Crippen LogP contribution in [0.1, 0.15) is 40.5 Å². The lowest BCUT2D eigenvalue weighted by molar-refractivity contribution is 0.118. The highest BCUT2D eigenvalue weighted by atomic mass is 15.3. The molecule has 0 amide bonds. The van der Waals surface area contributed by atoms with Gasteiger partial charge in [-0.25, -0.2) is 0 Å². The van der Waals surface area contributed by atoms with Gasteiger partial charge in [0.2, 0.25) is 0 Å². The minimum Gasteiger partial charge on any atom is -0.300 e. The maximum absolute atomic E-state index is 3.60. The summed E-state index contributed by atoms with van der Waals surface area (Å²) < 4.78 is 0. The molecule has 1 unspecified atom stereocenters. The van der Waals surface area contributed by atoms with E-state index in [1.807, 2.05) is 0 Å². The third kappa shape index (κ3) is 2.96. The predicted octanol–water partition coefficient (Wildman–Crippen LogP) is 2.31. The monoisotopic (exact) mass is 198 g/mol. The van der Waals surface area contributed by atoms with Gasteiger partial charge in [-0.2, -0.15) is 0 Å². The molecule has 0 radical (unpaired) electrons. The van der Waals surface area contributed by atoms with Crippen molar-refractivity contribution in [3.05, 3.63) is 0 Å². The van der Waals surface area contributed by atoms with E-state index in [2.05, 4.69) is 45.0 Å². The van der Waals surface area contributed by atoms with E-state index in [0.29, 0.717) is 11.6 Å². The molecule has 0 saturated carbocycles. The molecule has 1 aliphatic heterocycles. The fraction of sp³-hybridized carbons (Fsp3) is 1.00. The fourth-order valence-electron chi connectivity index (χ4n) is 2.33. The third-order valence-corrected chi connectivity index (χ3v) is 3.35. The van der Waals surface area contributed by atoms with Crippen LogP contribution >= 0.6 is 0 Å². The van der Waals surface area contributed by atoms with Crippen molar-refractivity contribution in [2.24, 2.45) is 11.3 Å². The van der Waals surface area contributed by atoms with Gasteiger partial charge in [0.15, 0.2) is 0 Å². The summed E-state index contributed by atoms with van der Waals surface area (Å²) >= 11 is 0. The molecule has 0 aromatic rings.